The number of hydrogen-bond donors (Lipinski definition) is 0. The first kappa shape index (κ1) is 14.3. The molecule has 0 aliphatic rings. The van der Waals surface area contributed by atoms with Crippen LogP contribution < -0.4 is 4.74 Å². The highest BCUT2D eigenvalue weighted by molar-refractivity contribution is 5.71. The standard InChI is InChI=1S/C19H14F2O/c1-22-19-10-8-15(12-18(19)21)14-7-9-16(17(20)11-14)13-5-3-2-4-6-13/h2-12H,1H3. The molecule has 3 aromatic rings. The minimum Gasteiger partial charge on any atom is -0.494 e. The van der Waals surface area contributed by atoms with Crippen molar-refractivity contribution in [3.8, 4) is 28.0 Å². The first-order valence-corrected chi connectivity index (χ1v) is 6.88. The first-order valence-electron chi connectivity index (χ1n) is 6.88. The number of rotatable bonds is 3. The van der Waals surface area contributed by atoms with E-state index in [1.807, 2.05) is 30.3 Å². The van der Waals surface area contributed by atoms with Gasteiger partial charge in [-0.15, -0.1) is 0 Å². The predicted molar refractivity (Wildman–Crippen MR) is 83.8 cm³/mol. The Labute approximate surface area is 127 Å². The summed E-state index contributed by atoms with van der Waals surface area (Å²) in [5.74, 6) is -0.627. The molecule has 3 rings (SSSR count). The van der Waals surface area contributed by atoms with Crippen molar-refractivity contribution in [2.75, 3.05) is 7.11 Å². The van der Waals surface area contributed by atoms with Crippen molar-refractivity contribution in [3.63, 3.8) is 0 Å². The minimum absolute atomic E-state index is 0.171. The smallest absolute Gasteiger partial charge is 0.165 e. The molecule has 110 valence electrons. The second kappa shape index (κ2) is 5.98. The van der Waals surface area contributed by atoms with Gasteiger partial charge in [-0.2, -0.15) is 0 Å². The minimum atomic E-state index is -0.465. The van der Waals surface area contributed by atoms with Crippen LogP contribution in [0.25, 0.3) is 22.3 Å². The van der Waals surface area contributed by atoms with Crippen molar-refractivity contribution < 1.29 is 13.5 Å². The van der Waals surface area contributed by atoms with E-state index in [1.54, 1.807) is 18.2 Å². The van der Waals surface area contributed by atoms with Crippen LogP contribution in [0, 0.1) is 11.6 Å². The number of benzene rings is 3. The molecule has 1 nitrogen and oxygen atoms in total. The zero-order valence-corrected chi connectivity index (χ0v) is 12.0. The maximum atomic E-state index is 14.3. The first-order chi connectivity index (χ1) is 10.7. The van der Waals surface area contributed by atoms with Gasteiger partial charge in [-0.05, 0) is 34.9 Å². The van der Waals surface area contributed by atoms with Crippen molar-refractivity contribution in [3.05, 3.63) is 78.4 Å². The Morgan fingerprint density at radius 2 is 1.32 bits per heavy atom. The molecule has 0 aromatic heterocycles. The Morgan fingerprint density at radius 3 is 1.91 bits per heavy atom. The summed E-state index contributed by atoms with van der Waals surface area (Å²) >= 11 is 0. The molecule has 3 aromatic carbocycles. The van der Waals surface area contributed by atoms with E-state index in [2.05, 4.69) is 0 Å². The van der Waals surface area contributed by atoms with E-state index < -0.39 is 5.82 Å². The Kier molecular flexibility index (Phi) is 3.88. The topological polar surface area (TPSA) is 9.23 Å². The van der Waals surface area contributed by atoms with Gasteiger partial charge in [0.05, 0.1) is 7.11 Å². The van der Waals surface area contributed by atoms with Gasteiger partial charge >= 0.3 is 0 Å². The van der Waals surface area contributed by atoms with E-state index in [4.69, 9.17) is 4.74 Å². The summed E-state index contributed by atoms with van der Waals surface area (Å²) < 4.78 is 33.0. The third-order valence-electron chi connectivity index (χ3n) is 3.54. The van der Waals surface area contributed by atoms with Gasteiger partial charge in [0.15, 0.2) is 11.6 Å². The van der Waals surface area contributed by atoms with E-state index in [0.717, 1.165) is 5.56 Å². The number of methoxy groups -OCH3 is 1. The molecule has 0 bridgehead atoms. The molecule has 0 unspecified atom stereocenters. The predicted octanol–water partition coefficient (Wildman–Crippen LogP) is 5.31. The van der Waals surface area contributed by atoms with E-state index in [-0.39, 0.29) is 11.6 Å². The summed E-state index contributed by atoms with van der Waals surface area (Å²) in [7, 11) is 1.41. The van der Waals surface area contributed by atoms with Gasteiger partial charge in [-0.3, -0.25) is 0 Å². The van der Waals surface area contributed by atoms with Crippen molar-refractivity contribution >= 4 is 0 Å². The Morgan fingerprint density at radius 1 is 0.682 bits per heavy atom. The van der Waals surface area contributed by atoms with Crippen LogP contribution in [0.15, 0.2) is 66.7 Å². The summed E-state index contributed by atoms with van der Waals surface area (Å²) in [5.41, 5.74) is 2.57. The van der Waals surface area contributed by atoms with Crippen LogP contribution in [0.1, 0.15) is 0 Å². The van der Waals surface area contributed by atoms with E-state index in [0.29, 0.717) is 16.7 Å². The molecular weight excluding hydrogens is 282 g/mol. The van der Waals surface area contributed by atoms with Crippen LogP contribution in [0.4, 0.5) is 8.78 Å². The lowest BCUT2D eigenvalue weighted by Crippen LogP contribution is -1.90. The van der Waals surface area contributed by atoms with Gasteiger partial charge in [0, 0.05) is 5.56 Å². The lowest BCUT2D eigenvalue weighted by Gasteiger charge is -2.08. The average Bonchev–Trinajstić information content (AvgIpc) is 2.55. The molecule has 0 saturated carbocycles. The molecule has 0 saturated heterocycles. The maximum absolute atomic E-state index is 14.3. The fourth-order valence-corrected chi connectivity index (χ4v) is 2.39. The largest absolute Gasteiger partial charge is 0.494 e. The summed E-state index contributed by atoms with van der Waals surface area (Å²) in [6, 6.07) is 18.8. The summed E-state index contributed by atoms with van der Waals surface area (Å²) in [6.07, 6.45) is 0. The number of ether oxygens (including phenoxy) is 1. The lowest BCUT2D eigenvalue weighted by molar-refractivity contribution is 0.386. The lowest BCUT2D eigenvalue weighted by atomic mass is 9.99. The third-order valence-corrected chi connectivity index (χ3v) is 3.54. The van der Waals surface area contributed by atoms with Crippen LogP contribution in [0.5, 0.6) is 5.75 Å². The Balaban J connectivity index is 2.00. The molecule has 0 atom stereocenters. The van der Waals surface area contributed by atoms with Crippen LogP contribution in [0.3, 0.4) is 0 Å². The van der Waals surface area contributed by atoms with E-state index >= 15 is 0 Å². The van der Waals surface area contributed by atoms with Gasteiger partial charge in [-0.1, -0.05) is 48.5 Å². The summed E-state index contributed by atoms with van der Waals surface area (Å²) in [6.45, 7) is 0. The van der Waals surface area contributed by atoms with Crippen LogP contribution >= 0.6 is 0 Å². The molecule has 0 spiro atoms. The highest BCUT2D eigenvalue weighted by atomic mass is 19.1. The highest BCUT2D eigenvalue weighted by Gasteiger charge is 2.09. The van der Waals surface area contributed by atoms with Crippen molar-refractivity contribution in [2.45, 2.75) is 0 Å². The second-order valence-electron chi connectivity index (χ2n) is 4.91. The molecule has 0 N–H and O–H groups in total. The summed E-state index contributed by atoms with van der Waals surface area (Å²) in [5, 5.41) is 0. The quantitative estimate of drug-likeness (QED) is 0.636. The van der Waals surface area contributed by atoms with Crippen molar-refractivity contribution in [2.24, 2.45) is 0 Å². The fraction of sp³-hybridized carbons (Fsp3) is 0.0526. The molecule has 0 fully saturated rings. The summed E-state index contributed by atoms with van der Waals surface area (Å²) in [4.78, 5) is 0. The van der Waals surface area contributed by atoms with Crippen LogP contribution in [0.2, 0.25) is 0 Å². The monoisotopic (exact) mass is 296 g/mol. The molecule has 3 heteroatoms. The van der Waals surface area contributed by atoms with Crippen LogP contribution in [-0.4, -0.2) is 7.11 Å². The fourth-order valence-electron chi connectivity index (χ4n) is 2.39. The molecular formula is C19H14F2O. The van der Waals surface area contributed by atoms with E-state index in [1.165, 1.54) is 25.3 Å². The SMILES string of the molecule is COc1ccc(-c2ccc(-c3ccccc3)c(F)c2)cc1F. The molecule has 22 heavy (non-hydrogen) atoms. The molecule has 0 amide bonds. The van der Waals surface area contributed by atoms with Crippen LogP contribution in [-0.2, 0) is 0 Å². The maximum Gasteiger partial charge on any atom is 0.165 e. The third kappa shape index (κ3) is 2.70. The molecule has 0 aliphatic carbocycles. The number of hydrogen-bond acceptors (Lipinski definition) is 1. The Bertz CT molecular complexity index is 798. The Hall–Kier alpha value is -2.68. The molecule has 0 aliphatic heterocycles. The van der Waals surface area contributed by atoms with Crippen molar-refractivity contribution in [1.29, 1.82) is 0 Å². The molecule has 0 heterocycles. The van der Waals surface area contributed by atoms with Crippen molar-refractivity contribution in [1.82, 2.24) is 0 Å². The molecule has 0 radical (unpaired) electrons. The van der Waals surface area contributed by atoms with Gasteiger partial charge in [0.25, 0.3) is 0 Å². The van der Waals surface area contributed by atoms with Gasteiger partial charge in [0.1, 0.15) is 5.82 Å². The highest BCUT2D eigenvalue weighted by Crippen LogP contribution is 2.30. The second-order valence-corrected chi connectivity index (χ2v) is 4.91. The van der Waals surface area contributed by atoms with Gasteiger partial charge in [-0.25, -0.2) is 8.78 Å². The average molecular weight is 296 g/mol. The van der Waals surface area contributed by atoms with E-state index in [9.17, 15) is 8.78 Å². The van der Waals surface area contributed by atoms with Gasteiger partial charge in [0.2, 0.25) is 0 Å². The number of halogens is 2. The normalized spacial score (nSPS) is 10.5. The van der Waals surface area contributed by atoms with Gasteiger partial charge < -0.3 is 4.74 Å². The zero-order chi connectivity index (χ0) is 15.5. The zero-order valence-electron chi connectivity index (χ0n) is 12.0.